The van der Waals surface area contributed by atoms with Crippen LogP contribution in [0.15, 0.2) is 59.1 Å². The fraction of sp³-hybridized carbons (Fsp3) is 0. The van der Waals surface area contributed by atoms with Crippen molar-refractivity contribution in [2.75, 3.05) is 5.32 Å². The quantitative estimate of drug-likeness (QED) is 0.708. The van der Waals surface area contributed by atoms with Crippen LogP contribution >= 0.6 is 15.9 Å². The van der Waals surface area contributed by atoms with Gasteiger partial charge in [-0.1, -0.05) is 46.3 Å². The zero-order valence-corrected chi connectivity index (χ0v) is 12.6. The van der Waals surface area contributed by atoms with Crippen LogP contribution in [0.4, 0.5) is 5.95 Å². The van der Waals surface area contributed by atoms with Gasteiger partial charge in [0.05, 0.1) is 11.0 Å². The van der Waals surface area contributed by atoms with E-state index in [1.165, 1.54) is 6.08 Å². The van der Waals surface area contributed by atoms with E-state index in [1.807, 2.05) is 48.5 Å². The first kappa shape index (κ1) is 13.6. The maximum Gasteiger partial charge on any atom is 0.250 e. The van der Waals surface area contributed by atoms with Crippen molar-refractivity contribution in [1.29, 1.82) is 0 Å². The molecule has 0 spiro atoms. The lowest BCUT2D eigenvalue weighted by atomic mass is 10.2. The molecule has 21 heavy (non-hydrogen) atoms. The minimum absolute atomic E-state index is 0.232. The first-order chi connectivity index (χ1) is 10.2. The Labute approximate surface area is 130 Å². The number of imidazole rings is 1. The van der Waals surface area contributed by atoms with Crippen molar-refractivity contribution in [1.82, 2.24) is 9.97 Å². The summed E-state index contributed by atoms with van der Waals surface area (Å²) >= 11 is 3.44. The highest BCUT2D eigenvalue weighted by molar-refractivity contribution is 9.10. The number of para-hydroxylation sites is 2. The van der Waals surface area contributed by atoms with Crippen molar-refractivity contribution in [2.45, 2.75) is 0 Å². The van der Waals surface area contributed by atoms with Gasteiger partial charge in [-0.05, 0) is 29.8 Å². The number of carbonyl (C=O) groups excluding carboxylic acids is 1. The van der Waals surface area contributed by atoms with Gasteiger partial charge in [0, 0.05) is 10.5 Å². The van der Waals surface area contributed by atoms with Crippen LogP contribution in [0.2, 0.25) is 0 Å². The molecule has 0 saturated carbocycles. The zero-order valence-electron chi connectivity index (χ0n) is 11.0. The maximum absolute atomic E-state index is 11.9. The molecule has 0 aliphatic heterocycles. The first-order valence-corrected chi connectivity index (χ1v) is 7.20. The Morgan fingerprint density at radius 1 is 1.14 bits per heavy atom. The molecule has 1 amide bonds. The molecule has 0 saturated heterocycles. The molecule has 0 bridgehead atoms. The molecule has 0 unspecified atom stereocenters. The Morgan fingerprint density at radius 2 is 1.90 bits per heavy atom. The molecule has 3 rings (SSSR count). The van der Waals surface area contributed by atoms with E-state index < -0.39 is 0 Å². The third-order valence-corrected chi connectivity index (χ3v) is 3.67. The van der Waals surface area contributed by atoms with Gasteiger partial charge in [-0.15, -0.1) is 0 Å². The monoisotopic (exact) mass is 341 g/mol. The van der Waals surface area contributed by atoms with Crippen molar-refractivity contribution in [2.24, 2.45) is 0 Å². The number of aromatic nitrogens is 2. The van der Waals surface area contributed by atoms with Crippen LogP contribution in [0.1, 0.15) is 5.56 Å². The second kappa shape index (κ2) is 5.93. The van der Waals surface area contributed by atoms with Gasteiger partial charge in [0.1, 0.15) is 0 Å². The van der Waals surface area contributed by atoms with E-state index in [2.05, 4.69) is 31.2 Å². The van der Waals surface area contributed by atoms with E-state index in [0.717, 1.165) is 21.1 Å². The highest BCUT2D eigenvalue weighted by atomic mass is 79.9. The van der Waals surface area contributed by atoms with Gasteiger partial charge < -0.3 is 4.98 Å². The zero-order chi connectivity index (χ0) is 14.7. The number of fused-ring (bicyclic) bond motifs is 1. The predicted molar refractivity (Wildman–Crippen MR) is 87.9 cm³/mol. The summed E-state index contributed by atoms with van der Waals surface area (Å²) in [6, 6.07) is 15.3. The van der Waals surface area contributed by atoms with Gasteiger partial charge in [0.2, 0.25) is 5.95 Å². The normalized spacial score (nSPS) is 11.1. The summed E-state index contributed by atoms with van der Waals surface area (Å²) in [6.07, 6.45) is 3.23. The number of carbonyl (C=O) groups is 1. The summed E-state index contributed by atoms with van der Waals surface area (Å²) in [6.45, 7) is 0. The van der Waals surface area contributed by atoms with Crippen molar-refractivity contribution in [3.05, 3.63) is 64.6 Å². The molecule has 2 N–H and O–H groups in total. The third-order valence-electron chi connectivity index (χ3n) is 2.95. The fourth-order valence-electron chi connectivity index (χ4n) is 1.95. The van der Waals surface area contributed by atoms with E-state index in [9.17, 15) is 4.79 Å². The van der Waals surface area contributed by atoms with Gasteiger partial charge >= 0.3 is 0 Å². The van der Waals surface area contributed by atoms with Crippen LogP contribution in [0, 0.1) is 0 Å². The van der Waals surface area contributed by atoms with Crippen LogP contribution in [0.25, 0.3) is 17.1 Å². The average molecular weight is 342 g/mol. The lowest BCUT2D eigenvalue weighted by Crippen LogP contribution is -2.08. The maximum atomic E-state index is 11.9. The van der Waals surface area contributed by atoms with Gasteiger partial charge in [0.15, 0.2) is 0 Å². The van der Waals surface area contributed by atoms with Gasteiger partial charge in [0.25, 0.3) is 5.91 Å². The van der Waals surface area contributed by atoms with Crippen molar-refractivity contribution >= 4 is 44.9 Å². The topological polar surface area (TPSA) is 57.8 Å². The average Bonchev–Trinajstić information content (AvgIpc) is 2.88. The number of amides is 1. The number of halogens is 1. The fourth-order valence-corrected chi connectivity index (χ4v) is 2.36. The van der Waals surface area contributed by atoms with E-state index in [1.54, 1.807) is 6.08 Å². The molecule has 0 aliphatic carbocycles. The SMILES string of the molecule is O=C(/C=C/c1ccccc1Br)Nc1nc2ccccc2[nH]1. The Bertz CT molecular complexity index is 790. The molecule has 0 aliphatic rings. The summed E-state index contributed by atoms with van der Waals surface area (Å²) in [5.74, 6) is 0.211. The van der Waals surface area contributed by atoms with E-state index in [-0.39, 0.29) is 5.91 Å². The number of aromatic amines is 1. The number of benzene rings is 2. The third kappa shape index (κ3) is 3.20. The number of rotatable bonds is 3. The Morgan fingerprint density at radius 3 is 2.71 bits per heavy atom. The van der Waals surface area contributed by atoms with E-state index in [4.69, 9.17) is 0 Å². The standard InChI is InChI=1S/C16H12BrN3O/c17-12-6-2-1-5-11(12)9-10-15(21)20-16-18-13-7-3-4-8-14(13)19-16/h1-10H,(H2,18,19,20,21)/b10-9+. The molecule has 0 atom stereocenters. The van der Waals surface area contributed by atoms with Crippen molar-refractivity contribution in [3.8, 4) is 0 Å². The summed E-state index contributed by atoms with van der Waals surface area (Å²) in [5, 5.41) is 2.71. The Hall–Kier alpha value is -2.40. The van der Waals surface area contributed by atoms with Crippen LogP contribution in [-0.2, 0) is 4.79 Å². The van der Waals surface area contributed by atoms with Crippen LogP contribution < -0.4 is 5.32 Å². The molecule has 3 aromatic rings. The first-order valence-electron chi connectivity index (χ1n) is 6.41. The number of nitrogens with zero attached hydrogens (tertiary/aromatic N) is 1. The number of hydrogen-bond acceptors (Lipinski definition) is 2. The van der Waals surface area contributed by atoms with Crippen LogP contribution in [0.3, 0.4) is 0 Å². The summed E-state index contributed by atoms with van der Waals surface area (Å²) in [4.78, 5) is 19.2. The molecule has 104 valence electrons. The largest absolute Gasteiger partial charge is 0.324 e. The lowest BCUT2D eigenvalue weighted by Gasteiger charge is -1.98. The number of anilines is 1. The van der Waals surface area contributed by atoms with Crippen molar-refractivity contribution < 1.29 is 4.79 Å². The molecule has 0 fully saturated rings. The second-order valence-corrected chi connectivity index (χ2v) is 5.30. The highest BCUT2D eigenvalue weighted by Crippen LogP contribution is 2.17. The minimum Gasteiger partial charge on any atom is -0.324 e. The smallest absolute Gasteiger partial charge is 0.250 e. The highest BCUT2D eigenvalue weighted by Gasteiger charge is 2.04. The van der Waals surface area contributed by atoms with Crippen LogP contribution in [-0.4, -0.2) is 15.9 Å². The Kier molecular flexibility index (Phi) is 3.83. The molecule has 1 aromatic heterocycles. The van der Waals surface area contributed by atoms with Crippen LogP contribution in [0.5, 0.6) is 0 Å². The summed E-state index contributed by atoms with van der Waals surface area (Å²) in [5.41, 5.74) is 2.66. The summed E-state index contributed by atoms with van der Waals surface area (Å²) in [7, 11) is 0. The molecular weight excluding hydrogens is 330 g/mol. The Balaban J connectivity index is 1.73. The molecule has 5 heteroatoms. The number of hydrogen-bond donors (Lipinski definition) is 2. The molecule has 0 radical (unpaired) electrons. The lowest BCUT2D eigenvalue weighted by molar-refractivity contribution is -0.111. The summed E-state index contributed by atoms with van der Waals surface area (Å²) < 4.78 is 0.942. The predicted octanol–water partition coefficient (Wildman–Crippen LogP) is 3.98. The molecular formula is C16H12BrN3O. The second-order valence-electron chi connectivity index (χ2n) is 4.45. The molecule has 1 heterocycles. The van der Waals surface area contributed by atoms with E-state index in [0.29, 0.717) is 5.95 Å². The van der Waals surface area contributed by atoms with Gasteiger partial charge in [-0.3, -0.25) is 10.1 Å². The molecule has 2 aromatic carbocycles. The minimum atomic E-state index is -0.232. The van der Waals surface area contributed by atoms with Gasteiger partial charge in [-0.25, -0.2) is 4.98 Å². The van der Waals surface area contributed by atoms with Gasteiger partial charge in [-0.2, -0.15) is 0 Å². The van der Waals surface area contributed by atoms with E-state index >= 15 is 0 Å². The number of H-pyrrole nitrogens is 1. The molecule has 4 nitrogen and oxygen atoms in total. The van der Waals surface area contributed by atoms with Crippen molar-refractivity contribution in [3.63, 3.8) is 0 Å². The number of nitrogens with one attached hydrogen (secondary N) is 2.